The van der Waals surface area contributed by atoms with E-state index in [1.165, 1.54) is 21.6 Å². The molecule has 5 aromatic heterocycles. The van der Waals surface area contributed by atoms with Crippen LogP contribution in [0.15, 0.2) is 61.4 Å². The van der Waals surface area contributed by atoms with E-state index < -0.39 is 17.8 Å². The molecule has 0 radical (unpaired) electrons. The number of benzene rings is 1. The Balaban J connectivity index is 1.45. The number of alkyl halides is 3. The number of anilines is 2. The van der Waals surface area contributed by atoms with Crippen LogP contribution in [-0.4, -0.2) is 39.4 Å². The van der Waals surface area contributed by atoms with Crippen LogP contribution in [0.1, 0.15) is 40.3 Å². The number of aryl methyl sites for hydroxylation is 2. The minimum Gasteiger partial charge on any atom is -0.382 e. The van der Waals surface area contributed by atoms with E-state index in [0.717, 1.165) is 12.3 Å². The van der Waals surface area contributed by atoms with Gasteiger partial charge in [0.15, 0.2) is 0 Å². The van der Waals surface area contributed by atoms with E-state index in [1.54, 1.807) is 60.0 Å². The zero-order valence-electron chi connectivity index (χ0n) is 21.0. The van der Waals surface area contributed by atoms with E-state index in [9.17, 15) is 18.0 Å². The minimum absolute atomic E-state index is 0.329. The first-order chi connectivity index (χ1) is 18.5. The number of fused-ring (bicyclic) bond motifs is 4. The molecule has 1 unspecified atom stereocenters. The van der Waals surface area contributed by atoms with Crippen molar-refractivity contribution in [3.63, 3.8) is 0 Å². The van der Waals surface area contributed by atoms with Crippen molar-refractivity contribution < 1.29 is 18.0 Å². The van der Waals surface area contributed by atoms with Crippen LogP contribution in [-0.2, 0) is 13.2 Å². The normalized spacial score (nSPS) is 13.0. The quantitative estimate of drug-likeness (QED) is 0.355. The van der Waals surface area contributed by atoms with Gasteiger partial charge >= 0.3 is 6.18 Å². The second-order valence-corrected chi connectivity index (χ2v) is 9.32. The Morgan fingerprint density at radius 2 is 1.90 bits per heavy atom. The number of nitrogens with zero attached hydrogens (tertiary/aromatic N) is 8. The topological polar surface area (TPSA) is 112 Å². The lowest BCUT2D eigenvalue weighted by Gasteiger charge is -2.27. The number of carbonyl (C=O) groups excluding carboxylic acids is 1. The first kappa shape index (κ1) is 24.4. The molecular weight excluding hydrogens is 511 g/mol. The van der Waals surface area contributed by atoms with Crippen LogP contribution < -0.4 is 10.6 Å². The Bertz CT molecular complexity index is 1900. The van der Waals surface area contributed by atoms with Crippen molar-refractivity contribution in [2.24, 2.45) is 7.05 Å². The molecule has 0 aliphatic rings. The summed E-state index contributed by atoms with van der Waals surface area (Å²) in [5.41, 5.74) is 9.56. The van der Waals surface area contributed by atoms with E-state index in [1.807, 2.05) is 6.92 Å². The maximum absolute atomic E-state index is 14.1. The number of hydrogen-bond acceptors (Lipinski definition) is 6. The highest BCUT2D eigenvalue weighted by molar-refractivity contribution is 6.08. The van der Waals surface area contributed by atoms with E-state index in [4.69, 9.17) is 5.73 Å². The van der Waals surface area contributed by atoms with Crippen molar-refractivity contribution in [2.75, 3.05) is 10.6 Å². The van der Waals surface area contributed by atoms with Crippen LogP contribution in [0.25, 0.3) is 22.2 Å². The summed E-state index contributed by atoms with van der Waals surface area (Å²) in [4.78, 5) is 28.9. The fraction of sp³-hybridized carbons (Fsp3) is 0.192. The highest BCUT2D eigenvalue weighted by Gasteiger charge is 2.32. The molecule has 0 saturated carbocycles. The Morgan fingerprint density at radius 1 is 1.10 bits per heavy atom. The van der Waals surface area contributed by atoms with Crippen LogP contribution in [0.5, 0.6) is 0 Å². The molecule has 6 aromatic rings. The molecule has 39 heavy (non-hydrogen) atoms. The molecule has 1 aromatic carbocycles. The summed E-state index contributed by atoms with van der Waals surface area (Å²) in [5.74, 6) is -0.0186. The molecule has 2 N–H and O–H groups in total. The van der Waals surface area contributed by atoms with Gasteiger partial charge in [0.1, 0.15) is 23.3 Å². The highest BCUT2D eigenvalue weighted by Crippen LogP contribution is 2.32. The molecule has 0 aliphatic carbocycles. The second kappa shape index (κ2) is 8.55. The van der Waals surface area contributed by atoms with Gasteiger partial charge < -0.3 is 10.1 Å². The van der Waals surface area contributed by atoms with Crippen molar-refractivity contribution in [3.05, 3.63) is 84.0 Å². The van der Waals surface area contributed by atoms with E-state index in [2.05, 4.69) is 20.1 Å². The number of pyridine rings is 1. The number of carbonyl (C=O) groups is 1. The number of amides is 1. The standard InChI is InChI=1S/C26H22F3N9O/c1-14-23-24(30)34-19-6-4-16(8-21(19)37(23)13-31-14)25(39)38(18-9-32-35(3)11-18)15(2)20-12-36-10-17(26(27,28)29)5-7-22(36)33-20/h4-13,15H,1-3H3,(H2,30,34). The Kier molecular flexibility index (Phi) is 5.35. The molecule has 0 bridgehead atoms. The summed E-state index contributed by atoms with van der Waals surface area (Å²) in [6, 6.07) is 6.72. The second-order valence-electron chi connectivity index (χ2n) is 9.32. The summed E-state index contributed by atoms with van der Waals surface area (Å²) >= 11 is 0. The van der Waals surface area contributed by atoms with E-state index in [-0.39, 0.29) is 5.91 Å². The fourth-order valence-electron chi connectivity index (χ4n) is 4.76. The van der Waals surface area contributed by atoms with Crippen LogP contribution >= 0.6 is 0 Å². The lowest BCUT2D eigenvalue weighted by Crippen LogP contribution is -2.33. The number of halogens is 3. The largest absolute Gasteiger partial charge is 0.417 e. The zero-order chi connectivity index (χ0) is 27.6. The van der Waals surface area contributed by atoms with Gasteiger partial charge in [0.05, 0.1) is 45.9 Å². The minimum atomic E-state index is -4.49. The maximum Gasteiger partial charge on any atom is 0.417 e. The molecule has 0 fully saturated rings. The highest BCUT2D eigenvalue weighted by atomic mass is 19.4. The zero-order valence-corrected chi connectivity index (χ0v) is 21.0. The molecular formula is C26H22F3N9O. The molecule has 1 amide bonds. The van der Waals surface area contributed by atoms with Gasteiger partial charge in [0, 0.05) is 31.2 Å². The van der Waals surface area contributed by atoms with Gasteiger partial charge in [-0.2, -0.15) is 18.3 Å². The monoisotopic (exact) mass is 533 g/mol. The third kappa shape index (κ3) is 4.02. The molecule has 10 nitrogen and oxygen atoms in total. The summed E-state index contributed by atoms with van der Waals surface area (Å²) in [7, 11) is 1.73. The van der Waals surface area contributed by atoms with Gasteiger partial charge in [0.25, 0.3) is 5.91 Å². The van der Waals surface area contributed by atoms with Crippen molar-refractivity contribution >= 4 is 39.6 Å². The molecule has 5 heterocycles. The number of nitrogens with two attached hydrogens (primary N) is 1. The van der Waals surface area contributed by atoms with Crippen LogP contribution in [0, 0.1) is 6.92 Å². The summed E-state index contributed by atoms with van der Waals surface area (Å²) in [6.07, 6.45) is 2.86. The number of imidazole rings is 2. The Labute approximate surface area is 219 Å². The van der Waals surface area contributed by atoms with Gasteiger partial charge in [0.2, 0.25) is 0 Å². The van der Waals surface area contributed by atoms with Crippen LogP contribution in [0.4, 0.5) is 24.7 Å². The average Bonchev–Trinajstić information content (AvgIpc) is 3.61. The molecule has 13 heteroatoms. The van der Waals surface area contributed by atoms with Crippen LogP contribution in [0.2, 0.25) is 0 Å². The SMILES string of the molecule is Cc1ncn2c1c(N)nc1ccc(C(=O)N(c3cnn(C)c3)C(C)c3cn4cc(C(F)(F)F)ccc4n3)cc12. The smallest absolute Gasteiger partial charge is 0.382 e. The first-order valence-corrected chi connectivity index (χ1v) is 11.9. The maximum atomic E-state index is 14.1. The van der Waals surface area contributed by atoms with E-state index in [0.29, 0.717) is 50.7 Å². The molecule has 0 aliphatic heterocycles. The number of rotatable bonds is 4. The van der Waals surface area contributed by atoms with Gasteiger partial charge in [-0.05, 0) is 44.2 Å². The van der Waals surface area contributed by atoms with Gasteiger partial charge in [-0.25, -0.2) is 15.0 Å². The Hall–Kier alpha value is -4.94. The molecule has 1 atom stereocenters. The summed E-state index contributed by atoms with van der Waals surface area (Å²) in [6.45, 7) is 3.59. The number of nitrogen functional groups attached to an aromatic ring is 1. The van der Waals surface area contributed by atoms with Crippen molar-refractivity contribution in [2.45, 2.75) is 26.1 Å². The average molecular weight is 534 g/mol. The summed E-state index contributed by atoms with van der Waals surface area (Å²) < 4.78 is 44.4. The van der Waals surface area contributed by atoms with E-state index >= 15 is 0 Å². The van der Waals surface area contributed by atoms with Gasteiger partial charge in [-0.1, -0.05) is 0 Å². The Morgan fingerprint density at radius 3 is 2.62 bits per heavy atom. The van der Waals surface area contributed by atoms with Crippen molar-refractivity contribution in [1.29, 1.82) is 0 Å². The first-order valence-electron chi connectivity index (χ1n) is 11.9. The van der Waals surface area contributed by atoms with Crippen LogP contribution in [0.3, 0.4) is 0 Å². The third-order valence-corrected chi connectivity index (χ3v) is 6.72. The van der Waals surface area contributed by atoms with Crippen molar-refractivity contribution in [3.8, 4) is 0 Å². The van der Waals surface area contributed by atoms with Gasteiger partial charge in [-0.3, -0.25) is 18.8 Å². The predicted molar refractivity (Wildman–Crippen MR) is 138 cm³/mol. The third-order valence-electron chi connectivity index (χ3n) is 6.72. The number of hydrogen-bond donors (Lipinski definition) is 1. The predicted octanol–water partition coefficient (Wildman–Crippen LogP) is 4.58. The molecule has 0 saturated heterocycles. The fourth-order valence-corrected chi connectivity index (χ4v) is 4.76. The number of aromatic nitrogens is 7. The lowest BCUT2D eigenvalue weighted by atomic mass is 10.1. The summed E-state index contributed by atoms with van der Waals surface area (Å²) in [5, 5.41) is 4.21. The lowest BCUT2D eigenvalue weighted by molar-refractivity contribution is -0.137. The molecule has 0 spiro atoms. The molecule has 198 valence electrons. The molecule has 6 rings (SSSR count). The van der Waals surface area contributed by atoms with Gasteiger partial charge in [-0.15, -0.1) is 0 Å². The van der Waals surface area contributed by atoms with Crippen molar-refractivity contribution in [1.82, 2.24) is 33.5 Å².